The molecule has 1 atom stereocenters. The first-order valence-corrected chi connectivity index (χ1v) is 10.6. The van der Waals surface area contributed by atoms with Crippen molar-refractivity contribution in [2.75, 3.05) is 20.2 Å². The number of rotatable bonds is 9. The molecule has 0 saturated carbocycles. The Morgan fingerprint density at radius 2 is 1.72 bits per heavy atom. The highest BCUT2D eigenvalue weighted by Gasteiger charge is 2.18. The van der Waals surface area contributed by atoms with Crippen LogP contribution in [0.25, 0.3) is 0 Å². The number of hydrogen-bond acceptors (Lipinski definition) is 4. The smallest absolute Gasteiger partial charge is 0.261 e. The predicted molar refractivity (Wildman–Crippen MR) is 115 cm³/mol. The molecule has 5 heteroatoms. The van der Waals surface area contributed by atoms with Crippen LogP contribution in [0.5, 0.6) is 11.5 Å². The lowest BCUT2D eigenvalue weighted by atomic mass is 10.1. The van der Waals surface area contributed by atoms with Gasteiger partial charge in [-0.3, -0.25) is 9.69 Å². The van der Waals surface area contributed by atoms with Crippen LogP contribution in [0.2, 0.25) is 0 Å². The van der Waals surface area contributed by atoms with Crippen molar-refractivity contribution in [2.45, 2.75) is 51.8 Å². The van der Waals surface area contributed by atoms with E-state index in [9.17, 15) is 4.79 Å². The molecule has 1 N–H and O–H groups in total. The van der Waals surface area contributed by atoms with E-state index >= 15 is 0 Å². The largest absolute Gasteiger partial charge is 0.497 e. The molecule has 1 aliphatic rings. The van der Waals surface area contributed by atoms with Gasteiger partial charge in [0.15, 0.2) is 6.10 Å². The molecule has 1 aliphatic heterocycles. The van der Waals surface area contributed by atoms with E-state index in [-0.39, 0.29) is 5.91 Å². The molecule has 5 nitrogen and oxygen atoms in total. The van der Waals surface area contributed by atoms with E-state index in [1.807, 2.05) is 25.1 Å². The van der Waals surface area contributed by atoms with Gasteiger partial charge in [0, 0.05) is 19.2 Å². The van der Waals surface area contributed by atoms with E-state index in [2.05, 4.69) is 34.5 Å². The van der Waals surface area contributed by atoms with Gasteiger partial charge in [0.05, 0.1) is 7.11 Å². The molecular weight excluding hydrogens is 364 g/mol. The quantitative estimate of drug-likeness (QED) is 0.692. The van der Waals surface area contributed by atoms with Crippen molar-refractivity contribution in [3.05, 3.63) is 59.7 Å². The van der Waals surface area contributed by atoms with E-state index in [1.54, 1.807) is 13.2 Å². The Morgan fingerprint density at radius 3 is 2.41 bits per heavy atom. The summed E-state index contributed by atoms with van der Waals surface area (Å²) >= 11 is 0. The van der Waals surface area contributed by atoms with Gasteiger partial charge in [0.25, 0.3) is 5.91 Å². The fourth-order valence-electron chi connectivity index (χ4n) is 3.60. The molecule has 0 radical (unpaired) electrons. The van der Waals surface area contributed by atoms with Crippen molar-refractivity contribution < 1.29 is 14.3 Å². The van der Waals surface area contributed by atoms with Crippen LogP contribution in [0.3, 0.4) is 0 Å². The molecule has 1 heterocycles. The fourth-order valence-corrected chi connectivity index (χ4v) is 3.60. The van der Waals surface area contributed by atoms with Crippen molar-refractivity contribution in [1.82, 2.24) is 10.2 Å². The number of piperidine rings is 1. The zero-order valence-electron chi connectivity index (χ0n) is 17.5. The summed E-state index contributed by atoms with van der Waals surface area (Å²) in [6.07, 6.45) is 4.04. The van der Waals surface area contributed by atoms with Crippen LogP contribution in [0.4, 0.5) is 0 Å². The normalized spacial score (nSPS) is 15.5. The monoisotopic (exact) mass is 396 g/mol. The van der Waals surface area contributed by atoms with E-state index in [0.29, 0.717) is 24.5 Å². The number of ether oxygens (including phenoxy) is 2. The van der Waals surface area contributed by atoms with Crippen molar-refractivity contribution in [3.63, 3.8) is 0 Å². The molecule has 29 heavy (non-hydrogen) atoms. The molecule has 1 unspecified atom stereocenters. The number of benzene rings is 2. The second-order valence-corrected chi connectivity index (χ2v) is 7.56. The standard InChI is InChI=1S/C24H32N2O3/c1-3-23(29-22-9-7-8-21(16-22)28-2)24(27)25-17-19-10-12-20(13-11-19)18-26-14-5-4-6-15-26/h7-13,16,23H,3-6,14-15,17-18H2,1-2H3,(H,25,27). The van der Waals surface area contributed by atoms with Gasteiger partial charge >= 0.3 is 0 Å². The first-order valence-electron chi connectivity index (χ1n) is 10.6. The van der Waals surface area contributed by atoms with Crippen LogP contribution in [-0.4, -0.2) is 37.1 Å². The maximum atomic E-state index is 12.6. The minimum absolute atomic E-state index is 0.104. The van der Waals surface area contributed by atoms with Crippen LogP contribution in [0.15, 0.2) is 48.5 Å². The summed E-state index contributed by atoms with van der Waals surface area (Å²) in [5.74, 6) is 1.24. The lowest BCUT2D eigenvalue weighted by Gasteiger charge is -2.26. The summed E-state index contributed by atoms with van der Waals surface area (Å²) < 4.78 is 11.1. The van der Waals surface area contributed by atoms with Crippen LogP contribution in [-0.2, 0) is 17.9 Å². The van der Waals surface area contributed by atoms with E-state index in [1.165, 1.54) is 37.9 Å². The van der Waals surface area contributed by atoms with Gasteiger partial charge in [-0.2, -0.15) is 0 Å². The lowest BCUT2D eigenvalue weighted by Crippen LogP contribution is -2.37. The zero-order valence-corrected chi connectivity index (χ0v) is 17.5. The van der Waals surface area contributed by atoms with E-state index in [0.717, 1.165) is 12.1 Å². The Hall–Kier alpha value is -2.53. The van der Waals surface area contributed by atoms with Crippen LogP contribution in [0, 0.1) is 0 Å². The molecule has 0 spiro atoms. The van der Waals surface area contributed by atoms with Gasteiger partial charge in [-0.25, -0.2) is 0 Å². The molecule has 1 fully saturated rings. The second-order valence-electron chi connectivity index (χ2n) is 7.56. The molecule has 0 aliphatic carbocycles. The molecule has 2 aromatic carbocycles. The number of nitrogens with zero attached hydrogens (tertiary/aromatic N) is 1. The Bertz CT molecular complexity index is 770. The van der Waals surface area contributed by atoms with Gasteiger partial charge < -0.3 is 14.8 Å². The number of hydrogen-bond donors (Lipinski definition) is 1. The third-order valence-electron chi connectivity index (χ3n) is 5.33. The van der Waals surface area contributed by atoms with Crippen molar-refractivity contribution in [1.29, 1.82) is 0 Å². The van der Waals surface area contributed by atoms with E-state index in [4.69, 9.17) is 9.47 Å². The molecule has 3 rings (SSSR count). The number of methoxy groups -OCH3 is 1. The Morgan fingerprint density at radius 1 is 1.03 bits per heavy atom. The Labute approximate surface area is 174 Å². The number of carbonyl (C=O) groups excluding carboxylic acids is 1. The van der Waals surface area contributed by atoms with Gasteiger partial charge in [0.1, 0.15) is 11.5 Å². The zero-order chi connectivity index (χ0) is 20.5. The molecular formula is C24H32N2O3. The summed E-state index contributed by atoms with van der Waals surface area (Å²) in [4.78, 5) is 15.1. The number of likely N-dealkylation sites (tertiary alicyclic amines) is 1. The van der Waals surface area contributed by atoms with Gasteiger partial charge in [-0.15, -0.1) is 0 Å². The highest BCUT2D eigenvalue weighted by Crippen LogP contribution is 2.21. The predicted octanol–water partition coefficient (Wildman–Crippen LogP) is 4.15. The van der Waals surface area contributed by atoms with Gasteiger partial charge in [-0.05, 0) is 55.6 Å². The third kappa shape index (κ3) is 6.50. The molecule has 0 aromatic heterocycles. The topological polar surface area (TPSA) is 50.8 Å². The number of nitrogens with one attached hydrogen (secondary N) is 1. The summed E-state index contributed by atoms with van der Waals surface area (Å²) in [5, 5.41) is 2.99. The Kier molecular flexibility index (Phi) is 7.94. The van der Waals surface area contributed by atoms with Gasteiger partial charge in [-0.1, -0.05) is 43.7 Å². The first-order chi connectivity index (χ1) is 14.2. The van der Waals surface area contributed by atoms with E-state index < -0.39 is 6.10 Å². The highest BCUT2D eigenvalue weighted by atomic mass is 16.5. The minimum atomic E-state index is -0.527. The maximum Gasteiger partial charge on any atom is 0.261 e. The van der Waals surface area contributed by atoms with Crippen LogP contribution >= 0.6 is 0 Å². The molecule has 0 bridgehead atoms. The average Bonchev–Trinajstić information content (AvgIpc) is 2.77. The SMILES string of the molecule is CCC(Oc1cccc(OC)c1)C(=O)NCc1ccc(CN2CCCCC2)cc1. The Balaban J connectivity index is 1.49. The van der Waals surface area contributed by atoms with Crippen molar-refractivity contribution in [3.8, 4) is 11.5 Å². The second kappa shape index (κ2) is 10.9. The summed E-state index contributed by atoms with van der Waals surface area (Å²) in [5.41, 5.74) is 2.42. The maximum absolute atomic E-state index is 12.6. The lowest BCUT2D eigenvalue weighted by molar-refractivity contribution is -0.128. The first kappa shape index (κ1) is 21.2. The molecule has 1 saturated heterocycles. The summed E-state index contributed by atoms with van der Waals surface area (Å²) in [6, 6.07) is 15.9. The molecule has 156 valence electrons. The average molecular weight is 397 g/mol. The van der Waals surface area contributed by atoms with Crippen molar-refractivity contribution in [2.24, 2.45) is 0 Å². The highest BCUT2D eigenvalue weighted by molar-refractivity contribution is 5.81. The minimum Gasteiger partial charge on any atom is -0.497 e. The fraction of sp³-hybridized carbons (Fsp3) is 0.458. The summed E-state index contributed by atoms with van der Waals surface area (Å²) in [6.45, 7) is 5.85. The molecule has 2 aromatic rings. The van der Waals surface area contributed by atoms with Gasteiger partial charge in [0.2, 0.25) is 0 Å². The summed E-state index contributed by atoms with van der Waals surface area (Å²) in [7, 11) is 1.61. The van der Waals surface area contributed by atoms with Crippen LogP contribution in [0.1, 0.15) is 43.7 Å². The number of amides is 1. The third-order valence-corrected chi connectivity index (χ3v) is 5.33. The number of carbonyl (C=O) groups is 1. The molecule has 1 amide bonds. The van der Waals surface area contributed by atoms with Crippen LogP contribution < -0.4 is 14.8 Å². The van der Waals surface area contributed by atoms with Crippen molar-refractivity contribution >= 4 is 5.91 Å².